The van der Waals surface area contributed by atoms with Crippen molar-refractivity contribution in [3.63, 3.8) is 0 Å². The number of aliphatic hydroxyl groups is 1. The van der Waals surface area contributed by atoms with E-state index in [4.69, 9.17) is 4.74 Å². The van der Waals surface area contributed by atoms with Gasteiger partial charge in [0.15, 0.2) is 12.3 Å². The molecule has 0 aromatic heterocycles. The summed E-state index contributed by atoms with van der Waals surface area (Å²) in [6.07, 6.45) is 0. The second-order valence-electron chi connectivity index (χ2n) is 7.58. The molecule has 0 spiro atoms. The number of nitrogens with one attached hydrogen (secondary N) is 1. The molecule has 0 bridgehead atoms. The van der Waals surface area contributed by atoms with E-state index in [0.29, 0.717) is 33.7 Å². The smallest absolute Gasteiger partial charge is 0.269 e. The van der Waals surface area contributed by atoms with Crippen LogP contribution in [0.3, 0.4) is 0 Å². The van der Waals surface area contributed by atoms with Crippen molar-refractivity contribution in [2.24, 2.45) is 0 Å². The maximum absolute atomic E-state index is 13.3. The molecule has 3 aromatic carbocycles. The molecular formula is C23H17N3O6. The van der Waals surface area contributed by atoms with Gasteiger partial charge in [0.1, 0.15) is 5.75 Å². The molecule has 2 aliphatic rings. The van der Waals surface area contributed by atoms with E-state index >= 15 is 0 Å². The zero-order valence-corrected chi connectivity index (χ0v) is 16.6. The Morgan fingerprint density at radius 3 is 2.72 bits per heavy atom. The van der Waals surface area contributed by atoms with Gasteiger partial charge in [0.2, 0.25) is 0 Å². The molecule has 32 heavy (non-hydrogen) atoms. The Balaban J connectivity index is 1.63. The lowest BCUT2D eigenvalue weighted by Gasteiger charge is -2.35. The number of anilines is 1. The zero-order valence-electron chi connectivity index (χ0n) is 16.6. The van der Waals surface area contributed by atoms with Crippen molar-refractivity contribution in [3.05, 3.63) is 99.1 Å². The molecule has 1 unspecified atom stereocenters. The molecule has 0 aliphatic carbocycles. The third kappa shape index (κ3) is 2.98. The van der Waals surface area contributed by atoms with Crippen molar-refractivity contribution < 1.29 is 24.4 Å². The highest BCUT2D eigenvalue weighted by Crippen LogP contribution is 2.45. The van der Waals surface area contributed by atoms with Crippen LogP contribution < -0.4 is 10.1 Å². The quantitative estimate of drug-likeness (QED) is 0.484. The lowest BCUT2D eigenvalue weighted by Crippen LogP contribution is -2.44. The van der Waals surface area contributed by atoms with Crippen LogP contribution in [-0.2, 0) is 17.1 Å². The van der Waals surface area contributed by atoms with E-state index in [1.165, 1.54) is 23.1 Å². The largest absolute Gasteiger partial charge is 0.482 e. The number of nitro benzene ring substituents is 1. The van der Waals surface area contributed by atoms with E-state index < -0.39 is 16.6 Å². The lowest BCUT2D eigenvalue weighted by molar-refractivity contribution is -0.384. The van der Waals surface area contributed by atoms with Crippen molar-refractivity contribution in [2.45, 2.75) is 12.3 Å². The molecule has 9 heteroatoms. The Kier molecular flexibility index (Phi) is 4.42. The highest BCUT2D eigenvalue weighted by Gasteiger charge is 2.50. The third-order valence-electron chi connectivity index (χ3n) is 5.65. The predicted octanol–water partition coefficient (Wildman–Crippen LogP) is 2.78. The van der Waals surface area contributed by atoms with Gasteiger partial charge >= 0.3 is 0 Å². The lowest BCUT2D eigenvalue weighted by atomic mass is 9.93. The first kappa shape index (κ1) is 19.7. The number of non-ortho nitro benzene ring substituents is 1. The van der Waals surface area contributed by atoms with Gasteiger partial charge in [-0.15, -0.1) is 0 Å². The first-order valence-electron chi connectivity index (χ1n) is 9.82. The number of amides is 2. The molecule has 160 valence electrons. The summed E-state index contributed by atoms with van der Waals surface area (Å²) in [5, 5.41) is 25.9. The highest BCUT2D eigenvalue weighted by molar-refractivity contribution is 6.00. The minimum Gasteiger partial charge on any atom is -0.482 e. The maximum atomic E-state index is 13.3. The molecule has 0 saturated carbocycles. The van der Waals surface area contributed by atoms with Crippen molar-refractivity contribution in [2.75, 3.05) is 11.9 Å². The monoisotopic (exact) mass is 431 g/mol. The second-order valence-corrected chi connectivity index (χ2v) is 7.58. The summed E-state index contributed by atoms with van der Waals surface area (Å²) in [5.41, 5.74) is -0.00522. The minimum atomic E-state index is -1.85. The summed E-state index contributed by atoms with van der Waals surface area (Å²) in [4.78, 5) is 37.0. The topological polar surface area (TPSA) is 122 Å². The molecule has 0 radical (unpaired) electrons. The number of nitro groups is 1. The van der Waals surface area contributed by atoms with Gasteiger partial charge in [-0.2, -0.15) is 0 Å². The fourth-order valence-corrected chi connectivity index (χ4v) is 4.16. The third-order valence-corrected chi connectivity index (χ3v) is 5.65. The standard InChI is InChI=1S/C23H17N3O6/c27-21-13-32-20-9-8-15(11-19(20)24-21)23(29)18-7-2-1-6-17(18)22(28)25(23)12-14-4-3-5-16(10-14)26(30)31/h1-11,29H,12-13H2,(H,24,27). The van der Waals surface area contributed by atoms with Crippen LogP contribution >= 0.6 is 0 Å². The summed E-state index contributed by atoms with van der Waals surface area (Å²) in [6, 6.07) is 17.5. The van der Waals surface area contributed by atoms with Gasteiger partial charge in [-0.25, -0.2) is 0 Å². The van der Waals surface area contributed by atoms with E-state index in [9.17, 15) is 24.8 Å². The number of hydrogen-bond donors (Lipinski definition) is 2. The van der Waals surface area contributed by atoms with Gasteiger partial charge in [-0.1, -0.05) is 36.4 Å². The number of nitrogens with zero attached hydrogens (tertiary/aromatic N) is 2. The molecule has 2 heterocycles. The maximum Gasteiger partial charge on any atom is 0.269 e. The average Bonchev–Trinajstić information content (AvgIpc) is 3.01. The van der Waals surface area contributed by atoms with E-state index in [2.05, 4.69) is 5.32 Å². The number of ether oxygens (including phenoxy) is 1. The van der Waals surface area contributed by atoms with Gasteiger partial charge in [0.25, 0.3) is 17.5 Å². The van der Waals surface area contributed by atoms with Crippen LogP contribution in [-0.4, -0.2) is 33.4 Å². The molecule has 2 aliphatic heterocycles. The van der Waals surface area contributed by atoms with E-state index in [0.717, 1.165) is 0 Å². The number of benzene rings is 3. The molecule has 0 saturated heterocycles. The zero-order chi connectivity index (χ0) is 22.5. The first-order valence-corrected chi connectivity index (χ1v) is 9.82. The van der Waals surface area contributed by atoms with Gasteiger partial charge in [-0.3, -0.25) is 24.6 Å². The van der Waals surface area contributed by atoms with Crippen LogP contribution in [0.4, 0.5) is 11.4 Å². The van der Waals surface area contributed by atoms with Crippen LogP contribution in [0.25, 0.3) is 0 Å². The van der Waals surface area contributed by atoms with Crippen molar-refractivity contribution >= 4 is 23.2 Å². The summed E-state index contributed by atoms with van der Waals surface area (Å²) in [6.45, 7) is -0.164. The molecular weight excluding hydrogens is 414 g/mol. The summed E-state index contributed by atoms with van der Waals surface area (Å²) in [5.74, 6) is -0.273. The van der Waals surface area contributed by atoms with E-state index in [1.54, 1.807) is 48.5 Å². The summed E-state index contributed by atoms with van der Waals surface area (Å²) in [7, 11) is 0. The van der Waals surface area contributed by atoms with Gasteiger partial charge < -0.3 is 15.2 Å². The van der Waals surface area contributed by atoms with E-state index in [1.807, 2.05) is 0 Å². The summed E-state index contributed by atoms with van der Waals surface area (Å²) < 4.78 is 5.40. The molecule has 9 nitrogen and oxygen atoms in total. The molecule has 2 amide bonds. The number of rotatable bonds is 4. The number of carbonyl (C=O) groups is 2. The Bertz CT molecular complexity index is 1290. The fraction of sp³-hybridized carbons (Fsp3) is 0.130. The first-order chi connectivity index (χ1) is 15.4. The summed E-state index contributed by atoms with van der Waals surface area (Å²) >= 11 is 0. The van der Waals surface area contributed by atoms with Crippen LogP contribution in [0.2, 0.25) is 0 Å². The van der Waals surface area contributed by atoms with Crippen molar-refractivity contribution in [1.29, 1.82) is 0 Å². The highest BCUT2D eigenvalue weighted by atomic mass is 16.6. The number of hydrogen-bond acceptors (Lipinski definition) is 6. The second kappa shape index (κ2) is 7.17. The van der Waals surface area contributed by atoms with Crippen LogP contribution in [0.15, 0.2) is 66.7 Å². The molecule has 0 fully saturated rings. The normalized spacial score (nSPS) is 19.1. The molecule has 2 N–H and O–H groups in total. The number of carbonyl (C=O) groups excluding carboxylic acids is 2. The van der Waals surface area contributed by atoms with Gasteiger partial charge in [0, 0.05) is 35.4 Å². The Morgan fingerprint density at radius 1 is 1.09 bits per heavy atom. The van der Waals surface area contributed by atoms with Crippen LogP contribution in [0.5, 0.6) is 5.75 Å². The van der Waals surface area contributed by atoms with Gasteiger partial charge in [-0.05, 0) is 23.8 Å². The molecule has 3 aromatic rings. The predicted molar refractivity (Wildman–Crippen MR) is 113 cm³/mol. The Hall–Kier alpha value is -4.24. The fourth-order valence-electron chi connectivity index (χ4n) is 4.16. The average molecular weight is 431 g/mol. The Morgan fingerprint density at radius 2 is 1.91 bits per heavy atom. The molecule has 5 rings (SSSR count). The Labute approximate surface area is 182 Å². The van der Waals surface area contributed by atoms with Crippen LogP contribution in [0, 0.1) is 10.1 Å². The van der Waals surface area contributed by atoms with Crippen LogP contribution in [0.1, 0.15) is 27.0 Å². The number of fused-ring (bicyclic) bond motifs is 2. The minimum absolute atomic E-state index is 0.0639. The SMILES string of the molecule is O=C1COc2ccc(C3(O)c4ccccc4C(=O)N3Cc3cccc([N+](=O)[O-])c3)cc2N1. The van der Waals surface area contributed by atoms with Gasteiger partial charge in [0.05, 0.1) is 10.6 Å². The van der Waals surface area contributed by atoms with Crippen molar-refractivity contribution in [1.82, 2.24) is 4.90 Å². The molecule has 1 atom stereocenters. The van der Waals surface area contributed by atoms with Crippen molar-refractivity contribution in [3.8, 4) is 5.75 Å². The van der Waals surface area contributed by atoms with E-state index in [-0.39, 0.29) is 24.7 Å².